The standard InChI is InChI=1S/C24H34O3.C10H12O.C3H8/c1-6-8-19(20(7-2)22(26)11-17(5)25)12-18-13-21-15(3)9-10-16(4)24(21)23(27)14-18;1-8-3-5-10(6-4-8)7-9(2)11;1-3-2/h9-10,18-20H,6-8,11-14H2,1-5H3;3-6H,7H2,1-2H3;3H2,1-2H3. The van der Waals surface area contributed by atoms with Crippen LogP contribution in [0.3, 0.4) is 0 Å². The summed E-state index contributed by atoms with van der Waals surface area (Å²) in [5.41, 5.74) is 6.74. The number of Topliss-reactive ketones (excluding diaryl/α,β-unsaturated/α-hetero) is 4. The maximum atomic E-state index is 12.8. The summed E-state index contributed by atoms with van der Waals surface area (Å²) < 4.78 is 0. The molecule has 2 aromatic carbocycles. The van der Waals surface area contributed by atoms with Crippen LogP contribution in [0.15, 0.2) is 36.4 Å². The number of hydrogen-bond acceptors (Lipinski definition) is 4. The van der Waals surface area contributed by atoms with Crippen LogP contribution in [0.4, 0.5) is 0 Å². The first-order valence-electron chi connectivity index (χ1n) is 15.6. The minimum Gasteiger partial charge on any atom is -0.300 e. The van der Waals surface area contributed by atoms with Crippen LogP contribution in [-0.2, 0) is 27.2 Å². The lowest BCUT2D eigenvalue weighted by Crippen LogP contribution is -2.30. The molecule has 226 valence electrons. The third-order valence-corrected chi connectivity index (χ3v) is 7.72. The van der Waals surface area contributed by atoms with E-state index in [0.29, 0.717) is 18.8 Å². The molecule has 41 heavy (non-hydrogen) atoms. The van der Waals surface area contributed by atoms with Crippen LogP contribution in [0.5, 0.6) is 0 Å². The average Bonchev–Trinajstić information content (AvgIpc) is 2.88. The van der Waals surface area contributed by atoms with E-state index in [1.54, 1.807) is 6.92 Å². The van der Waals surface area contributed by atoms with Gasteiger partial charge in [-0.1, -0.05) is 88.9 Å². The van der Waals surface area contributed by atoms with E-state index < -0.39 is 0 Å². The molecule has 0 bridgehead atoms. The summed E-state index contributed by atoms with van der Waals surface area (Å²) in [6.07, 6.45) is 7.02. The van der Waals surface area contributed by atoms with Gasteiger partial charge in [-0.25, -0.2) is 0 Å². The van der Waals surface area contributed by atoms with Gasteiger partial charge >= 0.3 is 0 Å². The molecule has 0 aliphatic heterocycles. The fraction of sp³-hybridized carbons (Fsp3) is 0.568. The number of aryl methyl sites for hydroxylation is 3. The Morgan fingerprint density at radius 3 is 1.93 bits per heavy atom. The first kappa shape index (κ1) is 36.1. The van der Waals surface area contributed by atoms with Gasteiger partial charge in [0.05, 0.1) is 6.42 Å². The monoisotopic (exact) mass is 562 g/mol. The van der Waals surface area contributed by atoms with Crippen LogP contribution in [0, 0.1) is 38.5 Å². The van der Waals surface area contributed by atoms with Gasteiger partial charge in [0.2, 0.25) is 0 Å². The van der Waals surface area contributed by atoms with E-state index in [9.17, 15) is 19.2 Å². The van der Waals surface area contributed by atoms with E-state index in [4.69, 9.17) is 0 Å². The van der Waals surface area contributed by atoms with E-state index in [1.165, 1.54) is 30.0 Å². The van der Waals surface area contributed by atoms with Gasteiger partial charge in [-0.3, -0.25) is 19.2 Å². The highest BCUT2D eigenvalue weighted by molar-refractivity contribution is 6.00. The number of hydrogen-bond donors (Lipinski definition) is 0. The summed E-state index contributed by atoms with van der Waals surface area (Å²) >= 11 is 0. The molecular formula is C37H54O4. The molecular weight excluding hydrogens is 508 g/mol. The second kappa shape index (κ2) is 18.5. The predicted molar refractivity (Wildman–Crippen MR) is 171 cm³/mol. The molecule has 3 unspecified atom stereocenters. The zero-order chi connectivity index (χ0) is 31.1. The molecule has 1 aliphatic carbocycles. The Balaban J connectivity index is 0.000000496. The highest BCUT2D eigenvalue weighted by Crippen LogP contribution is 2.37. The Kier molecular flexibility index (Phi) is 16.3. The fourth-order valence-corrected chi connectivity index (χ4v) is 5.89. The Bertz CT molecular complexity index is 1140. The smallest absolute Gasteiger partial charge is 0.163 e. The zero-order valence-corrected chi connectivity index (χ0v) is 27.2. The number of ketones is 4. The van der Waals surface area contributed by atoms with E-state index in [2.05, 4.69) is 33.8 Å². The summed E-state index contributed by atoms with van der Waals surface area (Å²) in [5.74, 6) is 0.982. The first-order chi connectivity index (χ1) is 19.4. The number of carbonyl (C=O) groups is 4. The second-order valence-corrected chi connectivity index (χ2v) is 12.0. The van der Waals surface area contributed by atoms with Gasteiger partial charge in [-0.2, -0.15) is 0 Å². The highest BCUT2D eigenvalue weighted by atomic mass is 16.1. The van der Waals surface area contributed by atoms with Crippen LogP contribution in [0.25, 0.3) is 0 Å². The molecule has 0 heterocycles. The Hall–Kier alpha value is -2.88. The number of fused-ring (bicyclic) bond motifs is 1. The topological polar surface area (TPSA) is 68.3 Å². The molecule has 3 atom stereocenters. The molecule has 0 amide bonds. The summed E-state index contributed by atoms with van der Waals surface area (Å²) in [5, 5.41) is 0. The minimum absolute atomic E-state index is 0.0451. The highest BCUT2D eigenvalue weighted by Gasteiger charge is 2.33. The van der Waals surface area contributed by atoms with Gasteiger partial charge in [0.25, 0.3) is 0 Å². The predicted octanol–water partition coefficient (Wildman–Crippen LogP) is 8.97. The zero-order valence-electron chi connectivity index (χ0n) is 27.2. The molecule has 4 nitrogen and oxygen atoms in total. The van der Waals surface area contributed by atoms with Crippen molar-refractivity contribution in [3.8, 4) is 0 Å². The third-order valence-electron chi connectivity index (χ3n) is 7.72. The van der Waals surface area contributed by atoms with Gasteiger partial charge in [0.1, 0.15) is 17.3 Å². The van der Waals surface area contributed by atoms with Crippen molar-refractivity contribution in [2.45, 2.75) is 120 Å². The maximum Gasteiger partial charge on any atom is 0.163 e. The maximum absolute atomic E-state index is 12.8. The Morgan fingerprint density at radius 2 is 1.41 bits per heavy atom. The van der Waals surface area contributed by atoms with Crippen molar-refractivity contribution in [1.29, 1.82) is 0 Å². The van der Waals surface area contributed by atoms with Crippen molar-refractivity contribution in [3.63, 3.8) is 0 Å². The van der Waals surface area contributed by atoms with E-state index in [1.807, 2.05) is 51.1 Å². The lowest BCUT2D eigenvalue weighted by molar-refractivity contribution is -0.130. The molecule has 0 radical (unpaired) electrons. The van der Waals surface area contributed by atoms with Crippen molar-refractivity contribution >= 4 is 23.1 Å². The van der Waals surface area contributed by atoms with Gasteiger partial charge in [0, 0.05) is 24.3 Å². The molecule has 0 fully saturated rings. The SMILES string of the molecule is CC(=O)Cc1ccc(C)cc1.CCC.CCCC(CC1CC(=O)c2c(C)ccc(C)c2C1)C(CC)C(=O)CC(C)=O. The lowest BCUT2D eigenvalue weighted by Gasteiger charge is -2.32. The summed E-state index contributed by atoms with van der Waals surface area (Å²) in [4.78, 5) is 47.6. The molecule has 0 aromatic heterocycles. The van der Waals surface area contributed by atoms with Crippen molar-refractivity contribution in [2.24, 2.45) is 17.8 Å². The molecule has 2 aromatic rings. The molecule has 0 saturated carbocycles. The van der Waals surface area contributed by atoms with Crippen LogP contribution in [0.1, 0.15) is 125 Å². The average molecular weight is 563 g/mol. The fourth-order valence-electron chi connectivity index (χ4n) is 5.89. The summed E-state index contributed by atoms with van der Waals surface area (Å²) in [6, 6.07) is 12.2. The van der Waals surface area contributed by atoms with E-state index in [0.717, 1.165) is 48.8 Å². The summed E-state index contributed by atoms with van der Waals surface area (Å²) in [6.45, 7) is 17.7. The van der Waals surface area contributed by atoms with E-state index >= 15 is 0 Å². The van der Waals surface area contributed by atoms with Crippen LogP contribution in [0.2, 0.25) is 0 Å². The van der Waals surface area contributed by atoms with Crippen molar-refractivity contribution in [2.75, 3.05) is 0 Å². The number of benzene rings is 2. The van der Waals surface area contributed by atoms with Gasteiger partial charge in [-0.15, -0.1) is 0 Å². The van der Waals surface area contributed by atoms with Gasteiger partial charge in [-0.05, 0) is 88.0 Å². The van der Waals surface area contributed by atoms with Crippen molar-refractivity contribution in [1.82, 2.24) is 0 Å². The van der Waals surface area contributed by atoms with Gasteiger partial charge in [0.15, 0.2) is 5.78 Å². The van der Waals surface area contributed by atoms with Crippen LogP contribution >= 0.6 is 0 Å². The summed E-state index contributed by atoms with van der Waals surface area (Å²) in [7, 11) is 0. The number of rotatable bonds is 11. The third kappa shape index (κ3) is 12.3. The second-order valence-electron chi connectivity index (χ2n) is 12.0. The molecule has 0 saturated heterocycles. The van der Waals surface area contributed by atoms with Crippen molar-refractivity contribution < 1.29 is 19.2 Å². The minimum atomic E-state index is -0.0658. The largest absolute Gasteiger partial charge is 0.300 e. The molecule has 1 aliphatic rings. The molecule has 3 rings (SSSR count). The normalized spacial score (nSPS) is 15.3. The Labute approximate surface area is 249 Å². The van der Waals surface area contributed by atoms with Gasteiger partial charge < -0.3 is 0 Å². The number of carbonyl (C=O) groups excluding carboxylic acids is 4. The van der Waals surface area contributed by atoms with Crippen molar-refractivity contribution in [3.05, 3.63) is 69.8 Å². The quantitative estimate of drug-likeness (QED) is 0.256. The first-order valence-corrected chi connectivity index (χ1v) is 15.6. The van der Waals surface area contributed by atoms with E-state index in [-0.39, 0.29) is 41.4 Å². The van der Waals surface area contributed by atoms with Crippen LogP contribution < -0.4 is 0 Å². The van der Waals surface area contributed by atoms with Crippen LogP contribution in [-0.4, -0.2) is 23.1 Å². The molecule has 0 spiro atoms. The molecule has 0 N–H and O–H groups in total. The Morgan fingerprint density at radius 1 is 0.829 bits per heavy atom. The molecule has 4 heteroatoms. The lowest BCUT2D eigenvalue weighted by atomic mass is 9.71.